The number of ether oxygens (including phenoxy) is 1. The maximum atomic E-state index is 13.5. The van der Waals surface area contributed by atoms with Gasteiger partial charge in [0.05, 0.1) is 7.11 Å². The predicted molar refractivity (Wildman–Crippen MR) is 123 cm³/mol. The summed E-state index contributed by atoms with van der Waals surface area (Å²) in [6.45, 7) is 10.1. The molecule has 0 aromatic heterocycles. The Balaban J connectivity index is 1.85. The summed E-state index contributed by atoms with van der Waals surface area (Å²) >= 11 is 0. The second kappa shape index (κ2) is 10.5. The number of rotatable bonds is 8. The van der Waals surface area contributed by atoms with Gasteiger partial charge in [0.25, 0.3) is 0 Å². The number of amides is 3. The van der Waals surface area contributed by atoms with Crippen LogP contribution in [0.25, 0.3) is 0 Å². The Bertz CT molecular complexity index is 942. The van der Waals surface area contributed by atoms with Crippen molar-refractivity contribution in [2.75, 3.05) is 25.1 Å². The van der Waals surface area contributed by atoms with Crippen molar-refractivity contribution in [2.45, 2.75) is 26.1 Å². The van der Waals surface area contributed by atoms with Crippen LogP contribution >= 0.6 is 0 Å². The zero-order valence-electron chi connectivity index (χ0n) is 18.0. The second-order valence-electron chi connectivity index (χ2n) is 7.45. The van der Waals surface area contributed by atoms with Gasteiger partial charge in [-0.2, -0.15) is 0 Å². The third-order valence-electron chi connectivity index (χ3n) is 5.28. The van der Waals surface area contributed by atoms with Crippen LogP contribution in [0.2, 0.25) is 0 Å². The van der Waals surface area contributed by atoms with Crippen molar-refractivity contribution >= 4 is 17.8 Å². The quantitative estimate of drug-likeness (QED) is 0.568. The average Bonchev–Trinajstić information content (AvgIpc) is 3.22. The minimum atomic E-state index is -0.350. The van der Waals surface area contributed by atoms with Crippen molar-refractivity contribution in [1.29, 1.82) is 0 Å². The van der Waals surface area contributed by atoms with E-state index in [1.165, 1.54) is 7.11 Å². The van der Waals surface area contributed by atoms with Gasteiger partial charge in [-0.05, 0) is 35.2 Å². The summed E-state index contributed by atoms with van der Waals surface area (Å²) in [5.74, 6) is 0. The van der Waals surface area contributed by atoms with Crippen molar-refractivity contribution in [3.05, 3.63) is 90.5 Å². The highest BCUT2D eigenvalue weighted by Crippen LogP contribution is 2.29. The Hall–Kier alpha value is -3.54. The molecule has 1 heterocycles. The van der Waals surface area contributed by atoms with E-state index in [1.807, 2.05) is 54.6 Å². The molecule has 31 heavy (non-hydrogen) atoms. The lowest BCUT2D eigenvalue weighted by Gasteiger charge is -2.30. The SMILES string of the molecule is C=CCCN(C(=O)N(CC=C)Cc1ccccc1)c1ccc2c(c1)CN(C(=O)OC)C2. The number of urea groups is 1. The first kappa shape index (κ1) is 22.2. The highest BCUT2D eigenvalue weighted by molar-refractivity contribution is 5.92. The average molecular weight is 420 g/mol. The molecule has 0 radical (unpaired) electrons. The minimum absolute atomic E-state index is 0.0895. The number of carbonyl (C=O) groups is 2. The lowest BCUT2D eigenvalue weighted by atomic mass is 10.1. The highest BCUT2D eigenvalue weighted by atomic mass is 16.5. The van der Waals surface area contributed by atoms with E-state index in [-0.39, 0.29) is 12.1 Å². The normalized spacial score (nSPS) is 12.1. The van der Waals surface area contributed by atoms with E-state index in [4.69, 9.17) is 4.74 Å². The highest BCUT2D eigenvalue weighted by Gasteiger charge is 2.27. The van der Waals surface area contributed by atoms with Crippen molar-refractivity contribution in [3.8, 4) is 0 Å². The van der Waals surface area contributed by atoms with Crippen LogP contribution in [0.1, 0.15) is 23.1 Å². The largest absolute Gasteiger partial charge is 0.453 e. The van der Waals surface area contributed by atoms with Crippen LogP contribution in [0.15, 0.2) is 73.8 Å². The van der Waals surface area contributed by atoms with Crippen molar-refractivity contribution in [3.63, 3.8) is 0 Å². The van der Waals surface area contributed by atoms with Crippen molar-refractivity contribution in [2.24, 2.45) is 0 Å². The van der Waals surface area contributed by atoms with Crippen LogP contribution in [0.5, 0.6) is 0 Å². The molecule has 0 N–H and O–H groups in total. The summed E-state index contributed by atoms with van der Waals surface area (Å²) in [5.41, 5.74) is 3.96. The minimum Gasteiger partial charge on any atom is -0.453 e. The van der Waals surface area contributed by atoms with Crippen LogP contribution in [0, 0.1) is 0 Å². The molecule has 0 saturated carbocycles. The topological polar surface area (TPSA) is 53.1 Å². The maximum absolute atomic E-state index is 13.5. The number of hydrogen-bond donors (Lipinski definition) is 0. The molecule has 0 bridgehead atoms. The number of methoxy groups -OCH3 is 1. The van der Waals surface area contributed by atoms with Crippen molar-refractivity contribution < 1.29 is 14.3 Å². The fraction of sp³-hybridized carbons (Fsp3) is 0.280. The molecule has 2 aromatic rings. The number of benzene rings is 2. The van der Waals surface area contributed by atoms with Crippen LogP contribution < -0.4 is 4.90 Å². The van der Waals surface area contributed by atoms with Gasteiger partial charge in [0.15, 0.2) is 0 Å². The fourth-order valence-corrected chi connectivity index (χ4v) is 3.70. The van der Waals surface area contributed by atoms with Crippen LogP contribution in [-0.4, -0.2) is 42.1 Å². The molecular formula is C25H29N3O3. The monoisotopic (exact) mass is 419 g/mol. The summed E-state index contributed by atoms with van der Waals surface area (Å²) in [6, 6.07) is 15.7. The van der Waals surface area contributed by atoms with E-state index in [0.717, 1.165) is 22.4 Å². The van der Waals surface area contributed by atoms with Gasteiger partial charge in [-0.1, -0.05) is 48.6 Å². The molecule has 0 fully saturated rings. The molecule has 1 aliphatic heterocycles. The molecule has 0 spiro atoms. The summed E-state index contributed by atoms with van der Waals surface area (Å²) in [4.78, 5) is 30.6. The molecule has 0 saturated heterocycles. The van der Waals surface area contributed by atoms with Gasteiger partial charge in [-0.15, -0.1) is 13.2 Å². The van der Waals surface area contributed by atoms with E-state index in [2.05, 4.69) is 13.2 Å². The van der Waals surface area contributed by atoms with Gasteiger partial charge in [-0.3, -0.25) is 9.80 Å². The molecule has 0 atom stereocenters. The Morgan fingerprint density at radius 3 is 2.48 bits per heavy atom. The van der Waals surface area contributed by atoms with Gasteiger partial charge in [0, 0.05) is 38.4 Å². The number of anilines is 1. The number of carbonyl (C=O) groups excluding carboxylic acids is 2. The number of hydrogen-bond acceptors (Lipinski definition) is 3. The Morgan fingerprint density at radius 2 is 1.81 bits per heavy atom. The second-order valence-corrected chi connectivity index (χ2v) is 7.45. The van der Waals surface area contributed by atoms with Crippen LogP contribution in [0.3, 0.4) is 0 Å². The van der Waals surface area contributed by atoms with E-state index in [1.54, 1.807) is 20.8 Å². The Morgan fingerprint density at radius 1 is 1.06 bits per heavy atom. The molecule has 1 aliphatic rings. The summed E-state index contributed by atoms with van der Waals surface area (Å²) in [7, 11) is 1.38. The molecule has 3 rings (SSSR count). The zero-order valence-corrected chi connectivity index (χ0v) is 18.0. The fourth-order valence-electron chi connectivity index (χ4n) is 3.70. The number of fused-ring (bicyclic) bond motifs is 1. The van der Waals surface area contributed by atoms with E-state index in [9.17, 15) is 9.59 Å². The molecule has 162 valence electrons. The van der Waals surface area contributed by atoms with Crippen LogP contribution in [0.4, 0.5) is 15.3 Å². The molecule has 0 unspecified atom stereocenters. The smallest absolute Gasteiger partial charge is 0.410 e. The first-order chi connectivity index (χ1) is 15.1. The third-order valence-corrected chi connectivity index (χ3v) is 5.28. The summed E-state index contributed by atoms with van der Waals surface area (Å²) < 4.78 is 4.84. The predicted octanol–water partition coefficient (Wildman–Crippen LogP) is 4.96. The number of nitrogens with zero attached hydrogens (tertiary/aromatic N) is 3. The van der Waals surface area contributed by atoms with Gasteiger partial charge in [-0.25, -0.2) is 9.59 Å². The Labute approximate surface area is 184 Å². The van der Waals surface area contributed by atoms with E-state index < -0.39 is 0 Å². The molecule has 6 nitrogen and oxygen atoms in total. The van der Waals surface area contributed by atoms with Crippen LogP contribution in [-0.2, 0) is 24.4 Å². The lowest BCUT2D eigenvalue weighted by molar-refractivity contribution is 0.123. The molecule has 6 heteroatoms. The van der Waals surface area contributed by atoms with E-state index >= 15 is 0 Å². The first-order valence-electron chi connectivity index (χ1n) is 10.3. The third kappa shape index (κ3) is 5.34. The molecule has 3 amide bonds. The van der Waals surface area contributed by atoms with Gasteiger partial charge in [0.1, 0.15) is 0 Å². The van der Waals surface area contributed by atoms with Gasteiger partial charge in [0.2, 0.25) is 0 Å². The molecule has 0 aliphatic carbocycles. The Kier molecular flexibility index (Phi) is 7.49. The first-order valence-corrected chi connectivity index (χ1v) is 10.3. The summed E-state index contributed by atoms with van der Waals surface area (Å²) in [6.07, 6.45) is 3.87. The van der Waals surface area contributed by atoms with Gasteiger partial charge >= 0.3 is 12.1 Å². The lowest BCUT2D eigenvalue weighted by Crippen LogP contribution is -2.43. The molecule has 2 aromatic carbocycles. The van der Waals surface area contributed by atoms with E-state index in [0.29, 0.717) is 39.1 Å². The summed E-state index contributed by atoms with van der Waals surface area (Å²) in [5, 5.41) is 0. The van der Waals surface area contributed by atoms with Crippen molar-refractivity contribution in [1.82, 2.24) is 9.80 Å². The zero-order chi connectivity index (χ0) is 22.2. The maximum Gasteiger partial charge on any atom is 0.410 e. The standard InChI is InChI=1S/C25H29N3O3/c1-4-6-15-28(24(29)26(14-5-2)17-20-10-8-7-9-11-20)23-13-12-21-18-27(25(30)31-3)19-22(21)16-23/h4-5,7-13,16H,1-2,6,14-15,17-19H2,3H3. The molecular weight excluding hydrogens is 390 g/mol. The van der Waals surface area contributed by atoms with Gasteiger partial charge < -0.3 is 9.64 Å².